The first-order chi connectivity index (χ1) is 4.04. The monoisotopic (exact) mass is 148 g/mol. The van der Waals surface area contributed by atoms with Crippen LogP contribution < -0.4 is 0 Å². The van der Waals surface area contributed by atoms with Crippen LogP contribution in [-0.4, -0.2) is 12.6 Å². The van der Waals surface area contributed by atoms with Gasteiger partial charge in [0.05, 0.1) is 0 Å². The van der Waals surface area contributed by atoms with E-state index in [2.05, 4.69) is 11.1 Å². The van der Waals surface area contributed by atoms with Gasteiger partial charge in [-0.15, -0.1) is 0 Å². The van der Waals surface area contributed by atoms with E-state index >= 15 is 0 Å². The maximum atomic E-state index is 10.5. The molecule has 0 spiro atoms. The summed E-state index contributed by atoms with van der Waals surface area (Å²) in [6.07, 6.45) is 0. The van der Waals surface area contributed by atoms with Crippen LogP contribution in [0.3, 0.4) is 0 Å². The molecule has 52 valence electrons. The fourth-order valence-corrected chi connectivity index (χ4v) is 0.653. The molecule has 1 atom stereocenters. The van der Waals surface area contributed by atoms with Gasteiger partial charge in [-0.05, 0) is 6.92 Å². The topological polar surface area (TPSA) is 43.4 Å². The van der Waals surface area contributed by atoms with Crippen LogP contribution in [0.25, 0.3) is 0 Å². The minimum absolute atomic E-state index is 0.273. The third-order valence-electron chi connectivity index (χ3n) is 0.585. The molecule has 1 unspecified atom stereocenters. The summed E-state index contributed by atoms with van der Waals surface area (Å²) in [5.74, 6) is -0.582. The lowest BCUT2D eigenvalue weighted by Crippen LogP contribution is -1.97. The zero-order valence-electron chi connectivity index (χ0n) is 5.43. The Labute approximate surface area is 54.6 Å². The van der Waals surface area contributed by atoms with Gasteiger partial charge in [-0.25, -0.2) is 4.79 Å². The second kappa shape index (κ2) is 3.46. The summed E-state index contributed by atoms with van der Waals surface area (Å²) in [7, 11) is -2.14. The summed E-state index contributed by atoms with van der Waals surface area (Å²) in [6.45, 7) is 6.17. The lowest BCUT2D eigenvalue weighted by atomic mass is 10.4. The molecule has 0 fully saturated rings. The quantitative estimate of drug-likeness (QED) is 0.436. The van der Waals surface area contributed by atoms with Crippen molar-refractivity contribution < 1.29 is 13.9 Å². The van der Waals surface area contributed by atoms with Crippen LogP contribution in [0, 0.1) is 0 Å². The zero-order chi connectivity index (χ0) is 7.44. The molecule has 0 saturated carbocycles. The zero-order valence-corrected chi connectivity index (χ0v) is 6.43. The van der Waals surface area contributed by atoms with Gasteiger partial charge in [0.2, 0.25) is 8.03 Å². The van der Waals surface area contributed by atoms with E-state index in [1.165, 1.54) is 13.6 Å². The molecule has 0 bridgehead atoms. The highest BCUT2D eigenvalue weighted by molar-refractivity contribution is 7.38. The van der Waals surface area contributed by atoms with Gasteiger partial charge in [0.1, 0.15) is 0 Å². The molecule has 0 N–H and O–H groups in total. The molecular weight excluding hydrogens is 139 g/mol. The maximum Gasteiger partial charge on any atom is 0.337 e. The molecule has 0 aromatic rings. The Kier molecular flexibility index (Phi) is 3.25. The minimum Gasteiger partial charge on any atom is -0.411 e. The van der Waals surface area contributed by atoms with E-state index in [-0.39, 0.29) is 5.57 Å². The molecule has 0 aliphatic heterocycles. The van der Waals surface area contributed by atoms with Crippen LogP contribution in [0.15, 0.2) is 12.2 Å². The Morgan fingerprint density at radius 1 is 1.67 bits per heavy atom. The highest BCUT2D eigenvalue weighted by Gasteiger charge is 2.02. The molecule has 0 aromatic heterocycles. The fraction of sp³-hybridized carbons (Fsp3) is 0.400. The molecule has 0 radical (unpaired) electrons. The van der Waals surface area contributed by atoms with E-state index in [0.717, 1.165) is 0 Å². The molecule has 0 aliphatic carbocycles. The summed E-state index contributed by atoms with van der Waals surface area (Å²) in [5, 5.41) is 0. The SMILES string of the molecule is C=C(C)C(=O)O[PH](C)=O. The number of rotatable bonds is 2. The third kappa shape index (κ3) is 3.98. The molecule has 0 amide bonds. The maximum absolute atomic E-state index is 10.5. The molecular formula is C5H9O3P. The second-order valence-electron chi connectivity index (χ2n) is 1.66. The van der Waals surface area contributed by atoms with Crippen LogP contribution in [0.1, 0.15) is 6.92 Å². The summed E-state index contributed by atoms with van der Waals surface area (Å²) in [6, 6.07) is 0. The molecule has 0 aliphatic rings. The summed E-state index contributed by atoms with van der Waals surface area (Å²) in [4.78, 5) is 10.5. The van der Waals surface area contributed by atoms with Crippen molar-refractivity contribution >= 4 is 14.0 Å². The van der Waals surface area contributed by atoms with Gasteiger partial charge in [-0.1, -0.05) is 6.58 Å². The van der Waals surface area contributed by atoms with Crippen LogP contribution in [0.4, 0.5) is 0 Å². The minimum atomic E-state index is -2.14. The summed E-state index contributed by atoms with van der Waals surface area (Å²) >= 11 is 0. The van der Waals surface area contributed by atoms with Crippen LogP contribution in [0.5, 0.6) is 0 Å². The molecule has 0 saturated heterocycles. The molecule has 0 heterocycles. The van der Waals surface area contributed by atoms with Crippen molar-refractivity contribution in [2.45, 2.75) is 6.92 Å². The van der Waals surface area contributed by atoms with Crippen molar-refractivity contribution in [3.05, 3.63) is 12.2 Å². The third-order valence-corrected chi connectivity index (χ3v) is 1.06. The Bertz CT molecular complexity index is 162. The first kappa shape index (κ1) is 8.44. The fourth-order valence-electron chi connectivity index (χ4n) is 0.218. The van der Waals surface area contributed by atoms with E-state index in [1.54, 1.807) is 0 Å². The highest BCUT2D eigenvalue weighted by atomic mass is 31.1. The van der Waals surface area contributed by atoms with Crippen LogP contribution in [0.2, 0.25) is 0 Å². The van der Waals surface area contributed by atoms with Gasteiger partial charge >= 0.3 is 5.97 Å². The Morgan fingerprint density at radius 3 is 2.22 bits per heavy atom. The number of hydrogen-bond donors (Lipinski definition) is 0. The van der Waals surface area contributed by atoms with Gasteiger partial charge in [0.15, 0.2) is 0 Å². The molecule has 9 heavy (non-hydrogen) atoms. The molecule has 4 heteroatoms. The van der Waals surface area contributed by atoms with Gasteiger partial charge in [-0.3, -0.25) is 4.57 Å². The van der Waals surface area contributed by atoms with E-state index in [0.29, 0.717) is 0 Å². The second-order valence-corrected chi connectivity index (χ2v) is 2.85. The number of carbonyl (C=O) groups is 1. The van der Waals surface area contributed by atoms with Crippen molar-refractivity contribution in [2.75, 3.05) is 6.66 Å². The standard InChI is InChI=1S/C5H9O3P/c1-4(2)5(6)8-9(3)7/h9H,1H2,2-3H3. The van der Waals surface area contributed by atoms with Crippen molar-refractivity contribution in [1.82, 2.24) is 0 Å². The lowest BCUT2D eigenvalue weighted by molar-refractivity contribution is -0.129. The average Bonchev–Trinajstić information content (AvgIpc) is 1.63. The largest absolute Gasteiger partial charge is 0.411 e. The Balaban J connectivity index is 3.79. The van der Waals surface area contributed by atoms with E-state index in [9.17, 15) is 9.36 Å². The van der Waals surface area contributed by atoms with Crippen molar-refractivity contribution in [3.63, 3.8) is 0 Å². The lowest BCUT2D eigenvalue weighted by Gasteiger charge is -1.97. The normalized spacial score (nSPS) is 12.2. The van der Waals surface area contributed by atoms with Gasteiger partial charge in [-0.2, -0.15) is 0 Å². The molecule has 0 rings (SSSR count). The smallest absolute Gasteiger partial charge is 0.337 e. The first-order valence-electron chi connectivity index (χ1n) is 2.42. The van der Waals surface area contributed by atoms with Crippen molar-refractivity contribution in [1.29, 1.82) is 0 Å². The Hall–Kier alpha value is -0.560. The number of carbonyl (C=O) groups excluding carboxylic acids is 1. The van der Waals surface area contributed by atoms with Crippen LogP contribution >= 0.6 is 8.03 Å². The molecule has 3 nitrogen and oxygen atoms in total. The van der Waals surface area contributed by atoms with Gasteiger partial charge < -0.3 is 4.52 Å². The summed E-state index contributed by atoms with van der Waals surface area (Å²) in [5.41, 5.74) is 0.273. The van der Waals surface area contributed by atoms with E-state index in [1.807, 2.05) is 0 Å². The highest BCUT2D eigenvalue weighted by Crippen LogP contribution is 2.16. The first-order valence-corrected chi connectivity index (χ1v) is 4.24. The van der Waals surface area contributed by atoms with Crippen molar-refractivity contribution in [3.8, 4) is 0 Å². The van der Waals surface area contributed by atoms with E-state index < -0.39 is 14.0 Å². The predicted octanol–water partition coefficient (Wildman–Crippen LogP) is 1.21. The van der Waals surface area contributed by atoms with Gasteiger partial charge in [0.25, 0.3) is 0 Å². The van der Waals surface area contributed by atoms with Crippen LogP contribution in [-0.2, 0) is 13.9 Å². The van der Waals surface area contributed by atoms with E-state index in [4.69, 9.17) is 0 Å². The summed E-state index contributed by atoms with van der Waals surface area (Å²) < 4.78 is 14.6. The molecule has 0 aromatic carbocycles. The predicted molar refractivity (Wildman–Crippen MR) is 35.8 cm³/mol. The number of hydrogen-bond acceptors (Lipinski definition) is 3. The van der Waals surface area contributed by atoms with Crippen molar-refractivity contribution in [2.24, 2.45) is 0 Å². The Morgan fingerprint density at radius 2 is 2.11 bits per heavy atom. The van der Waals surface area contributed by atoms with Gasteiger partial charge in [0, 0.05) is 12.2 Å². The average molecular weight is 148 g/mol.